The van der Waals surface area contributed by atoms with Gasteiger partial charge in [0.1, 0.15) is 0 Å². The second-order valence-electron chi connectivity index (χ2n) is 2.61. The van der Waals surface area contributed by atoms with Crippen LogP contribution >= 0.6 is 0 Å². The summed E-state index contributed by atoms with van der Waals surface area (Å²) < 4.78 is 0. The van der Waals surface area contributed by atoms with Crippen molar-refractivity contribution in [3.63, 3.8) is 0 Å². The maximum atomic E-state index is 10.6. The first-order chi connectivity index (χ1) is 6.36. The summed E-state index contributed by atoms with van der Waals surface area (Å²) in [6.07, 6.45) is 4.11. The highest BCUT2D eigenvalue weighted by Gasteiger charge is 2.26. The van der Waals surface area contributed by atoms with Gasteiger partial charge in [-0.05, 0) is 11.6 Å². The van der Waals surface area contributed by atoms with Crippen molar-refractivity contribution >= 4 is 5.91 Å². The summed E-state index contributed by atoms with van der Waals surface area (Å²) in [7, 11) is 0. The van der Waals surface area contributed by atoms with E-state index in [0.717, 1.165) is 5.56 Å². The number of amides is 1. The normalized spacial score (nSPS) is 19.2. The minimum absolute atomic E-state index is 0.124. The summed E-state index contributed by atoms with van der Waals surface area (Å²) in [4.78, 5) is 14.5. The fourth-order valence-corrected chi connectivity index (χ4v) is 1.14. The molecule has 0 aliphatic carbocycles. The van der Waals surface area contributed by atoms with Crippen LogP contribution in [0.15, 0.2) is 24.5 Å². The summed E-state index contributed by atoms with van der Waals surface area (Å²) in [5.41, 5.74) is 1.09. The molecule has 0 bridgehead atoms. The summed E-state index contributed by atoms with van der Waals surface area (Å²) in [5, 5.41) is 2.78. The number of rotatable bonds is 1. The van der Waals surface area contributed by atoms with Crippen LogP contribution < -0.4 is 5.32 Å². The average molecular weight is 178 g/mol. The highest BCUT2D eigenvalue weighted by molar-refractivity contribution is 5.83. The largest absolute Gasteiger partial charge is 0.349 e. The molecule has 1 amide bonds. The van der Waals surface area contributed by atoms with Crippen molar-refractivity contribution in [3.05, 3.63) is 30.1 Å². The van der Waals surface area contributed by atoms with Gasteiger partial charge in [-0.3, -0.25) is 9.78 Å². The number of β-lactam (4-membered cyclic amide) rings is 1. The third kappa shape index (κ3) is 2.28. The standard InChI is InChI=1S/C8H8N2O.C2H6/c11-8-4-7(10-8)6-2-1-3-9-5-6;1-2/h1-3,5,7H,4H2,(H,10,11);1-2H3. The number of hydrogen-bond acceptors (Lipinski definition) is 2. The zero-order valence-electron chi connectivity index (χ0n) is 7.95. The number of aromatic nitrogens is 1. The average Bonchev–Trinajstić information content (AvgIpc) is 2.18. The molecule has 1 fully saturated rings. The Morgan fingerprint density at radius 2 is 2.23 bits per heavy atom. The molecule has 0 aromatic carbocycles. The molecule has 1 aromatic heterocycles. The molecule has 1 atom stereocenters. The smallest absolute Gasteiger partial charge is 0.222 e. The Labute approximate surface area is 78.2 Å². The third-order valence-electron chi connectivity index (χ3n) is 1.81. The molecule has 1 saturated heterocycles. The molecule has 2 heterocycles. The molecule has 0 saturated carbocycles. The van der Waals surface area contributed by atoms with Gasteiger partial charge in [-0.15, -0.1) is 0 Å². The van der Waals surface area contributed by atoms with Crippen molar-refractivity contribution in [2.24, 2.45) is 0 Å². The predicted octanol–water partition coefficient (Wildman–Crippen LogP) is 1.67. The van der Waals surface area contributed by atoms with Gasteiger partial charge < -0.3 is 5.32 Å². The van der Waals surface area contributed by atoms with Gasteiger partial charge in [0, 0.05) is 12.4 Å². The van der Waals surface area contributed by atoms with Crippen LogP contribution in [-0.4, -0.2) is 10.9 Å². The first kappa shape index (κ1) is 9.71. The molecule has 1 aliphatic heterocycles. The Bertz CT molecular complexity index is 264. The van der Waals surface area contributed by atoms with E-state index in [1.807, 2.05) is 26.0 Å². The van der Waals surface area contributed by atoms with Crippen LogP contribution in [0.1, 0.15) is 31.9 Å². The number of nitrogens with one attached hydrogen (secondary N) is 1. The van der Waals surface area contributed by atoms with Gasteiger partial charge >= 0.3 is 0 Å². The maximum Gasteiger partial charge on any atom is 0.222 e. The van der Waals surface area contributed by atoms with E-state index in [0.29, 0.717) is 6.42 Å². The van der Waals surface area contributed by atoms with Gasteiger partial charge in [0.15, 0.2) is 0 Å². The lowest BCUT2D eigenvalue weighted by Crippen LogP contribution is -2.41. The lowest BCUT2D eigenvalue weighted by molar-refractivity contribution is -0.128. The zero-order valence-corrected chi connectivity index (χ0v) is 7.95. The van der Waals surface area contributed by atoms with Gasteiger partial charge in [0.25, 0.3) is 0 Å². The van der Waals surface area contributed by atoms with Crippen molar-refractivity contribution in [1.29, 1.82) is 0 Å². The van der Waals surface area contributed by atoms with Crippen molar-refractivity contribution in [1.82, 2.24) is 10.3 Å². The fourth-order valence-electron chi connectivity index (χ4n) is 1.14. The molecule has 13 heavy (non-hydrogen) atoms. The van der Waals surface area contributed by atoms with Gasteiger partial charge in [0.05, 0.1) is 12.5 Å². The topological polar surface area (TPSA) is 42.0 Å². The number of carbonyl (C=O) groups excluding carboxylic acids is 1. The molecule has 3 nitrogen and oxygen atoms in total. The molecular weight excluding hydrogens is 164 g/mol. The second-order valence-corrected chi connectivity index (χ2v) is 2.61. The maximum absolute atomic E-state index is 10.6. The van der Waals surface area contributed by atoms with Crippen LogP contribution in [0.25, 0.3) is 0 Å². The van der Waals surface area contributed by atoms with E-state index in [-0.39, 0.29) is 11.9 Å². The van der Waals surface area contributed by atoms with Crippen LogP contribution in [0.4, 0.5) is 0 Å². The first-order valence-corrected chi connectivity index (χ1v) is 4.55. The zero-order chi connectivity index (χ0) is 9.68. The molecule has 0 spiro atoms. The number of nitrogens with zero attached hydrogens (tertiary/aromatic N) is 1. The molecule has 3 heteroatoms. The molecular formula is C10H14N2O. The van der Waals surface area contributed by atoms with Crippen molar-refractivity contribution in [2.75, 3.05) is 0 Å². The molecule has 1 aliphatic rings. The fraction of sp³-hybridized carbons (Fsp3) is 0.400. The second kappa shape index (κ2) is 4.60. The van der Waals surface area contributed by atoms with Crippen molar-refractivity contribution in [3.8, 4) is 0 Å². The number of carbonyl (C=O) groups is 1. The van der Waals surface area contributed by atoms with Crippen LogP contribution in [0.3, 0.4) is 0 Å². The SMILES string of the molecule is CC.O=C1CC(c2cccnc2)N1. The Hall–Kier alpha value is -1.38. The van der Waals surface area contributed by atoms with Crippen LogP contribution in [0.2, 0.25) is 0 Å². The Kier molecular flexibility index (Phi) is 3.43. The van der Waals surface area contributed by atoms with E-state index in [4.69, 9.17) is 0 Å². The lowest BCUT2D eigenvalue weighted by Gasteiger charge is -2.26. The highest BCUT2D eigenvalue weighted by atomic mass is 16.2. The van der Waals surface area contributed by atoms with Gasteiger partial charge in [-0.25, -0.2) is 0 Å². The Balaban J connectivity index is 0.000000396. The third-order valence-corrected chi connectivity index (χ3v) is 1.81. The van der Waals surface area contributed by atoms with E-state index in [2.05, 4.69) is 10.3 Å². The summed E-state index contributed by atoms with van der Waals surface area (Å²) in [5.74, 6) is 0.124. The summed E-state index contributed by atoms with van der Waals surface area (Å²) >= 11 is 0. The van der Waals surface area contributed by atoms with E-state index in [9.17, 15) is 4.79 Å². The Morgan fingerprint density at radius 3 is 2.69 bits per heavy atom. The minimum atomic E-state index is 0.124. The van der Waals surface area contributed by atoms with E-state index in [1.54, 1.807) is 12.4 Å². The summed E-state index contributed by atoms with van der Waals surface area (Å²) in [6, 6.07) is 4.05. The Morgan fingerprint density at radius 1 is 1.54 bits per heavy atom. The predicted molar refractivity (Wildman–Crippen MR) is 51.1 cm³/mol. The molecule has 70 valence electrons. The number of pyridine rings is 1. The lowest BCUT2D eigenvalue weighted by atomic mass is 9.99. The molecule has 0 radical (unpaired) electrons. The quantitative estimate of drug-likeness (QED) is 0.664. The van der Waals surface area contributed by atoms with Crippen molar-refractivity contribution < 1.29 is 4.79 Å². The molecule has 2 rings (SSSR count). The molecule has 1 unspecified atom stereocenters. The molecule has 1 aromatic rings. The van der Waals surface area contributed by atoms with Gasteiger partial charge in [-0.1, -0.05) is 19.9 Å². The minimum Gasteiger partial charge on any atom is -0.349 e. The van der Waals surface area contributed by atoms with Crippen molar-refractivity contribution in [2.45, 2.75) is 26.3 Å². The van der Waals surface area contributed by atoms with E-state index < -0.39 is 0 Å². The van der Waals surface area contributed by atoms with Crippen LogP contribution in [0, 0.1) is 0 Å². The highest BCUT2D eigenvalue weighted by Crippen LogP contribution is 2.22. The van der Waals surface area contributed by atoms with E-state index in [1.165, 1.54) is 0 Å². The monoisotopic (exact) mass is 178 g/mol. The number of hydrogen-bond donors (Lipinski definition) is 1. The molecule has 1 N–H and O–H groups in total. The van der Waals surface area contributed by atoms with Gasteiger partial charge in [-0.2, -0.15) is 0 Å². The summed E-state index contributed by atoms with van der Waals surface area (Å²) in [6.45, 7) is 4.00. The van der Waals surface area contributed by atoms with Crippen LogP contribution in [0.5, 0.6) is 0 Å². The van der Waals surface area contributed by atoms with Gasteiger partial charge in [0.2, 0.25) is 5.91 Å². The first-order valence-electron chi connectivity index (χ1n) is 4.55. The van der Waals surface area contributed by atoms with E-state index >= 15 is 0 Å². The van der Waals surface area contributed by atoms with Crippen LogP contribution in [-0.2, 0) is 4.79 Å².